The number of pyridine rings is 1. The van der Waals surface area contributed by atoms with Gasteiger partial charge in [-0.2, -0.15) is 19.1 Å². The number of nitrogens with one attached hydrogen (secondary N) is 1. The topological polar surface area (TPSA) is 101 Å². The van der Waals surface area contributed by atoms with Crippen LogP contribution in [0.5, 0.6) is 0 Å². The van der Waals surface area contributed by atoms with E-state index in [9.17, 15) is 4.21 Å². The lowest BCUT2D eigenvalue weighted by Gasteiger charge is -2.32. The molecule has 0 unspecified atom stereocenters. The van der Waals surface area contributed by atoms with Crippen LogP contribution in [0.2, 0.25) is 0 Å². The summed E-state index contributed by atoms with van der Waals surface area (Å²) in [6.45, 7) is 2.10. The van der Waals surface area contributed by atoms with Crippen LogP contribution in [-0.2, 0) is 21.7 Å². The molecule has 0 atom stereocenters. The van der Waals surface area contributed by atoms with Crippen molar-refractivity contribution < 1.29 is 4.21 Å². The number of hydrogen-bond donors (Lipinski definition) is 1. The van der Waals surface area contributed by atoms with Crippen LogP contribution < -0.4 is 5.32 Å². The summed E-state index contributed by atoms with van der Waals surface area (Å²) in [6, 6.07) is 12.0. The summed E-state index contributed by atoms with van der Waals surface area (Å²) in [4.78, 5) is 16.1. The molecule has 0 bridgehead atoms. The third-order valence-corrected chi connectivity index (χ3v) is 6.98. The van der Waals surface area contributed by atoms with Gasteiger partial charge in [0, 0.05) is 52.6 Å². The maximum absolute atomic E-state index is 12.1. The van der Waals surface area contributed by atoms with E-state index in [4.69, 9.17) is 4.98 Å². The number of rotatable bonds is 4. The summed E-state index contributed by atoms with van der Waals surface area (Å²) >= 11 is 0. The summed E-state index contributed by atoms with van der Waals surface area (Å²) < 4.78 is 17.9. The number of likely N-dealkylation sites (N-methyl/N-ethyl adjacent to an activating group) is 1. The van der Waals surface area contributed by atoms with E-state index in [1.807, 2.05) is 12.1 Å². The largest absolute Gasteiger partial charge is 0.324 e. The smallest absolute Gasteiger partial charge is 0.229 e. The predicted molar refractivity (Wildman–Crippen MR) is 134 cm³/mol. The second-order valence-corrected chi connectivity index (χ2v) is 12.2. The summed E-state index contributed by atoms with van der Waals surface area (Å²) in [7, 11) is -0.125. The fraction of sp³-hybridized carbons (Fsp3) is 0.333. The summed E-state index contributed by atoms with van der Waals surface area (Å²) in [5, 5.41) is 8.60. The van der Waals surface area contributed by atoms with E-state index in [0.717, 1.165) is 24.2 Å². The summed E-state index contributed by atoms with van der Waals surface area (Å²) in [5.74, 6) is 1.44. The van der Waals surface area contributed by atoms with Crippen molar-refractivity contribution in [3.05, 3.63) is 59.9 Å². The van der Waals surface area contributed by atoms with E-state index in [0.29, 0.717) is 28.6 Å². The van der Waals surface area contributed by atoms with E-state index in [1.165, 1.54) is 24.0 Å². The van der Waals surface area contributed by atoms with Gasteiger partial charge in [0.05, 0.1) is 11.6 Å². The van der Waals surface area contributed by atoms with E-state index < -0.39 is 9.73 Å². The Balaban J connectivity index is 1.33. The molecule has 174 valence electrons. The Morgan fingerprint density at radius 3 is 2.76 bits per heavy atom. The normalized spacial score (nSPS) is 17.0. The molecule has 34 heavy (non-hydrogen) atoms. The second-order valence-electron chi connectivity index (χ2n) is 9.61. The van der Waals surface area contributed by atoms with Crippen molar-refractivity contribution in [3.8, 4) is 5.82 Å². The maximum atomic E-state index is 12.1. The van der Waals surface area contributed by atoms with E-state index in [2.05, 4.69) is 54.9 Å². The molecule has 2 aliphatic rings. The van der Waals surface area contributed by atoms with Crippen LogP contribution in [0.15, 0.2) is 53.2 Å². The highest BCUT2D eigenvalue weighted by Crippen LogP contribution is 2.52. The number of hydrogen-bond acceptors (Lipinski definition) is 8. The Hall–Kier alpha value is -3.37. The lowest BCUT2D eigenvalue weighted by atomic mass is 9.87. The van der Waals surface area contributed by atoms with Gasteiger partial charge in [-0.1, -0.05) is 12.1 Å². The van der Waals surface area contributed by atoms with Crippen molar-refractivity contribution >= 4 is 38.2 Å². The van der Waals surface area contributed by atoms with E-state index in [-0.39, 0.29) is 0 Å². The highest BCUT2D eigenvalue weighted by atomic mass is 32.2. The maximum Gasteiger partial charge on any atom is 0.229 e. The van der Waals surface area contributed by atoms with Gasteiger partial charge in [0.25, 0.3) is 0 Å². The van der Waals surface area contributed by atoms with Crippen molar-refractivity contribution in [2.75, 3.05) is 31.4 Å². The molecule has 1 spiro atoms. The van der Waals surface area contributed by atoms with Crippen LogP contribution in [-0.4, -0.2) is 59.9 Å². The average Bonchev–Trinajstić information content (AvgIpc) is 3.40. The SMILES string of the molecule is CN1Cc2cc(Nc3ncc4cnn(-c5cccc(N=S(C)(C)=O)n5)c4n3)ccc2C2(CC2)C1. The molecule has 0 saturated heterocycles. The minimum atomic E-state index is -2.32. The monoisotopic (exact) mass is 474 g/mol. The Bertz CT molecular complexity index is 1540. The van der Waals surface area contributed by atoms with Gasteiger partial charge in [-0.25, -0.2) is 14.2 Å². The molecular weight excluding hydrogens is 448 g/mol. The van der Waals surface area contributed by atoms with Gasteiger partial charge in [-0.05, 0) is 55.3 Å². The van der Waals surface area contributed by atoms with E-state index in [1.54, 1.807) is 35.7 Å². The molecule has 6 rings (SSSR count). The van der Waals surface area contributed by atoms with Crippen molar-refractivity contribution in [2.24, 2.45) is 4.36 Å². The second kappa shape index (κ2) is 7.57. The first-order valence-corrected chi connectivity index (χ1v) is 13.6. The highest BCUT2D eigenvalue weighted by molar-refractivity contribution is 7.92. The first kappa shape index (κ1) is 21.2. The van der Waals surface area contributed by atoms with Gasteiger partial charge in [0.1, 0.15) is 0 Å². The molecule has 1 aliphatic carbocycles. The highest BCUT2D eigenvalue weighted by Gasteiger charge is 2.48. The zero-order valence-corrected chi connectivity index (χ0v) is 20.2. The van der Waals surface area contributed by atoms with Crippen LogP contribution in [0.4, 0.5) is 17.5 Å². The first-order chi connectivity index (χ1) is 16.3. The number of anilines is 2. The standard InChI is InChI=1S/C24H26N8OS/c1-31-14-16-11-18(7-8-19(16)24(15-31)9-10-24)27-23-25-12-17-13-26-32(22(17)29-23)21-6-4-5-20(28-21)30-34(2,3)33/h4-8,11-13H,9-10,14-15H2,1-3H3,(H,25,27,29). The number of aromatic nitrogens is 5. The molecule has 1 aromatic carbocycles. The van der Waals surface area contributed by atoms with Crippen molar-refractivity contribution in [3.63, 3.8) is 0 Å². The lowest BCUT2D eigenvalue weighted by Crippen LogP contribution is -2.35. The van der Waals surface area contributed by atoms with E-state index >= 15 is 0 Å². The average molecular weight is 475 g/mol. The Morgan fingerprint density at radius 1 is 1.12 bits per heavy atom. The number of benzene rings is 1. The molecule has 1 saturated carbocycles. The molecule has 0 amide bonds. The van der Waals surface area contributed by atoms with Crippen molar-refractivity contribution in [1.82, 2.24) is 29.6 Å². The molecular formula is C24H26N8OS. The van der Waals surface area contributed by atoms with Gasteiger partial charge in [0.15, 0.2) is 17.3 Å². The van der Waals surface area contributed by atoms with Gasteiger partial charge < -0.3 is 10.2 Å². The predicted octanol–water partition coefficient (Wildman–Crippen LogP) is 3.79. The zero-order chi connectivity index (χ0) is 23.5. The summed E-state index contributed by atoms with van der Waals surface area (Å²) in [5.41, 5.74) is 4.82. The molecule has 4 aromatic rings. The Kier molecular flexibility index (Phi) is 4.72. The van der Waals surface area contributed by atoms with Crippen LogP contribution in [0, 0.1) is 0 Å². The molecule has 0 radical (unpaired) electrons. The molecule has 1 fully saturated rings. The van der Waals surface area contributed by atoms with Gasteiger partial charge in [0.2, 0.25) is 5.95 Å². The van der Waals surface area contributed by atoms with Gasteiger partial charge >= 0.3 is 0 Å². The Morgan fingerprint density at radius 2 is 1.97 bits per heavy atom. The third-order valence-electron chi connectivity index (χ3n) is 6.36. The Labute approximate surface area is 198 Å². The summed E-state index contributed by atoms with van der Waals surface area (Å²) in [6.07, 6.45) is 9.17. The zero-order valence-electron chi connectivity index (χ0n) is 19.4. The number of nitrogens with zero attached hydrogens (tertiary/aromatic N) is 7. The quantitative estimate of drug-likeness (QED) is 0.480. The molecule has 4 heterocycles. The number of fused-ring (bicyclic) bond motifs is 3. The van der Waals surface area contributed by atoms with Crippen LogP contribution in [0.3, 0.4) is 0 Å². The minimum Gasteiger partial charge on any atom is -0.324 e. The molecule has 9 nitrogen and oxygen atoms in total. The first-order valence-electron chi connectivity index (χ1n) is 11.2. The lowest BCUT2D eigenvalue weighted by molar-refractivity contribution is 0.271. The third kappa shape index (κ3) is 3.92. The van der Waals surface area contributed by atoms with Gasteiger partial charge in [-0.15, -0.1) is 0 Å². The molecule has 1 aliphatic heterocycles. The molecule has 3 aromatic heterocycles. The van der Waals surface area contributed by atoms with Crippen LogP contribution >= 0.6 is 0 Å². The fourth-order valence-corrected chi connectivity index (χ4v) is 5.38. The molecule has 10 heteroatoms. The fourth-order valence-electron chi connectivity index (χ4n) is 4.83. The van der Waals surface area contributed by atoms with Crippen LogP contribution in [0.1, 0.15) is 24.0 Å². The molecule has 1 N–H and O–H groups in total. The van der Waals surface area contributed by atoms with Gasteiger partial charge in [-0.3, -0.25) is 0 Å². The van der Waals surface area contributed by atoms with Crippen molar-refractivity contribution in [1.29, 1.82) is 0 Å². The van der Waals surface area contributed by atoms with Crippen LogP contribution in [0.25, 0.3) is 16.9 Å². The minimum absolute atomic E-state index is 0.361. The van der Waals surface area contributed by atoms with Crippen molar-refractivity contribution in [2.45, 2.75) is 24.8 Å².